The number of benzene rings is 1. The predicted octanol–water partition coefficient (Wildman–Crippen LogP) is 5.64. The highest BCUT2D eigenvalue weighted by molar-refractivity contribution is 5.94. The molecule has 0 spiro atoms. The van der Waals surface area contributed by atoms with Crippen LogP contribution in [0, 0.1) is 0 Å². The molecule has 0 saturated carbocycles. The second kappa shape index (κ2) is 6.48. The molecule has 0 amide bonds. The van der Waals surface area contributed by atoms with E-state index in [9.17, 15) is 0 Å². The van der Waals surface area contributed by atoms with Crippen molar-refractivity contribution in [1.29, 1.82) is 0 Å². The van der Waals surface area contributed by atoms with Gasteiger partial charge >= 0.3 is 0 Å². The molecule has 0 atom stereocenters. The Morgan fingerprint density at radius 1 is 1.12 bits per heavy atom. The number of H-pyrrole nitrogens is 2. The zero-order valence-corrected chi connectivity index (χ0v) is 14.9. The number of rotatable bonds is 4. The third-order valence-corrected chi connectivity index (χ3v) is 4.50. The Hall–Kier alpha value is -3.40. The summed E-state index contributed by atoms with van der Waals surface area (Å²) in [6.07, 6.45) is 5.99. The molecule has 0 aliphatic heterocycles. The van der Waals surface area contributed by atoms with Crippen molar-refractivity contribution in [2.24, 2.45) is 0 Å². The molecule has 3 heterocycles. The summed E-state index contributed by atoms with van der Waals surface area (Å²) in [5, 5.41) is 8.74. The summed E-state index contributed by atoms with van der Waals surface area (Å²) in [5.41, 5.74) is 7.74. The van der Waals surface area contributed by atoms with Crippen molar-refractivity contribution in [3.8, 4) is 11.4 Å². The van der Waals surface area contributed by atoms with Crippen LogP contribution in [-0.4, -0.2) is 20.2 Å². The lowest BCUT2D eigenvalue weighted by atomic mass is 10.1. The molecule has 0 unspecified atom stereocenters. The zero-order chi connectivity index (χ0) is 18.1. The number of nitrogens with one attached hydrogen (secondary N) is 2. The van der Waals surface area contributed by atoms with Gasteiger partial charge in [-0.3, -0.25) is 5.10 Å². The van der Waals surface area contributed by atoms with Gasteiger partial charge in [-0.2, -0.15) is 5.10 Å². The highest BCUT2D eigenvalue weighted by Gasteiger charge is 2.13. The van der Waals surface area contributed by atoms with Crippen LogP contribution < -0.4 is 0 Å². The van der Waals surface area contributed by atoms with Gasteiger partial charge in [0, 0.05) is 10.9 Å². The van der Waals surface area contributed by atoms with Gasteiger partial charge in [0.2, 0.25) is 0 Å². The van der Waals surface area contributed by atoms with Gasteiger partial charge in [0.25, 0.3) is 0 Å². The number of aromatic amines is 2. The van der Waals surface area contributed by atoms with E-state index in [1.807, 2.05) is 44.2 Å². The SMILES string of the molecule is C=C/C(C)=C\C(=C/C)c1ccc2[nH]nc(-c3cc4ccccc4[nH]3)c2n1. The molecule has 0 fully saturated rings. The third-order valence-electron chi connectivity index (χ3n) is 4.50. The maximum Gasteiger partial charge on any atom is 0.135 e. The van der Waals surface area contributed by atoms with E-state index in [2.05, 4.69) is 52.1 Å². The molecular weight excluding hydrogens is 320 g/mol. The summed E-state index contributed by atoms with van der Waals surface area (Å²) in [7, 11) is 0. The molecule has 1 aromatic carbocycles. The van der Waals surface area contributed by atoms with Crippen molar-refractivity contribution >= 4 is 27.5 Å². The molecule has 3 aromatic heterocycles. The average molecular weight is 340 g/mol. The number of hydrogen-bond acceptors (Lipinski definition) is 2. The predicted molar refractivity (Wildman–Crippen MR) is 109 cm³/mol. The fourth-order valence-corrected chi connectivity index (χ4v) is 3.06. The minimum atomic E-state index is 0.831. The Balaban J connectivity index is 1.86. The molecule has 0 aliphatic carbocycles. The van der Waals surface area contributed by atoms with Crippen LogP contribution in [0.5, 0.6) is 0 Å². The fourth-order valence-electron chi connectivity index (χ4n) is 3.06. The Kier molecular flexibility index (Phi) is 4.01. The molecule has 2 N–H and O–H groups in total. The third kappa shape index (κ3) is 2.75. The molecule has 4 rings (SSSR count). The van der Waals surface area contributed by atoms with E-state index in [1.165, 1.54) is 0 Å². The first-order valence-corrected chi connectivity index (χ1v) is 8.60. The van der Waals surface area contributed by atoms with Gasteiger partial charge in [-0.1, -0.05) is 48.6 Å². The van der Waals surface area contributed by atoms with Crippen LogP contribution in [0.2, 0.25) is 0 Å². The lowest BCUT2D eigenvalue weighted by molar-refractivity contribution is 1.12. The van der Waals surface area contributed by atoms with Gasteiger partial charge in [0.15, 0.2) is 0 Å². The van der Waals surface area contributed by atoms with Crippen molar-refractivity contribution in [3.05, 3.63) is 78.5 Å². The highest BCUT2D eigenvalue weighted by atomic mass is 15.1. The number of hydrogen-bond donors (Lipinski definition) is 2. The summed E-state index contributed by atoms with van der Waals surface area (Å²) in [4.78, 5) is 8.31. The molecule has 0 radical (unpaired) electrons. The summed E-state index contributed by atoms with van der Waals surface area (Å²) >= 11 is 0. The largest absolute Gasteiger partial charge is 0.353 e. The summed E-state index contributed by atoms with van der Waals surface area (Å²) in [5.74, 6) is 0. The van der Waals surface area contributed by atoms with Crippen molar-refractivity contribution in [1.82, 2.24) is 20.2 Å². The fraction of sp³-hybridized carbons (Fsp3) is 0.0909. The second-order valence-electron chi connectivity index (χ2n) is 6.27. The van der Waals surface area contributed by atoms with E-state index in [-0.39, 0.29) is 0 Å². The van der Waals surface area contributed by atoms with Crippen molar-refractivity contribution < 1.29 is 0 Å². The molecule has 26 heavy (non-hydrogen) atoms. The van der Waals surface area contributed by atoms with Crippen LogP contribution in [0.15, 0.2) is 72.8 Å². The quantitative estimate of drug-likeness (QED) is 0.472. The second-order valence-corrected chi connectivity index (χ2v) is 6.27. The van der Waals surface area contributed by atoms with Gasteiger partial charge in [-0.15, -0.1) is 0 Å². The van der Waals surface area contributed by atoms with Gasteiger partial charge in [0.05, 0.1) is 16.9 Å². The maximum atomic E-state index is 4.88. The first-order valence-electron chi connectivity index (χ1n) is 8.60. The molecular formula is C22H20N4. The van der Waals surface area contributed by atoms with Crippen LogP contribution in [-0.2, 0) is 0 Å². The van der Waals surface area contributed by atoms with E-state index in [4.69, 9.17) is 4.98 Å². The number of pyridine rings is 1. The van der Waals surface area contributed by atoms with E-state index < -0.39 is 0 Å². The normalized spacial score (nSPS) is 12.8. The lowest BCUT2D eigenvalue weighted by Gasteiger charge is -2.03. The average Bonchev–Trinajstić information content (AvgIpc) is 3.28. The number of nitrogens with zero attached hydrogens (tertiary/aromatic N) is 2. The van der Waals surface area contributed by atoms with Gasteiger partial charge in [-0.05, 0) is 43.7 Å². The maximum absolute atomic E-state index is 4.88. The first-order chi connectivity index (χ1) is 12.7. The molecule has 0 saturated heterocycles. The van der Waals surface area contributed by atoms with Crippen LogP contribution in [0.1, 0.15) is 19.5 Å². The van der Waals surface area contributed by atoms with Gasteiger partial charge in [-0.25, -0.2) is 4.98 Å². The Bertz CT molecular complexity index is 1140. The van der Waals surface area contributed by atoms with Crippen LogP contribution >= 0.6 is 0 Å². The standard InChI is InChI=1S/C22H20N4/c1-4-14(3)12-15(5-2)18-10-11-19-21(24-18)22(26-25-19)20-13-16-8-6-7-9-17(16)23-20/h4-13,23H,1H2,2-3H3,(H,25,26)/b14-12-,15-5+. The summed E-state index contributed by atoms with van der Waals surface area (Å²) in [6, 6.07) is 14.4. The lowest BCUT2D eigenvalue weighted by Crippen LogP contribution is -1.89. The Morgan fingerprint density at radius 2 is 1.96 bits per heavy atom. The Morgan fingerprint density at radius 3 is 2.73 bits per heavy atom. The minimum Gasteiger partial charge on any atom is -0.353 e. The van der Waals surface area contributed by atoms with Crippen LogP contribution in [0.4, 0.5) is 0 Å². The van der Waals surface area contributed by atoms with Crippen molar-refractivity contribution in [3.63, 3.8) is 0 Å². The van der Waals surface area contributed by atoms with E-state index in [0.29, 0.717) is 0 Å². The number of para-hydroxylation sites is 1. The molecule has 4 nitrogen and oxygen atoms in total. The zero-order valence-electron chi connectivity index (χ0n) is 14.9. The minimum absolute atomic E-state index is 0.831. The highest BCUT2D eigenvalue weighted by Crippen LogP contribution is 2.29. The Labute approximate surface area is 152 Å². The molecule has 0 bridgehead atoms. The number of fused-ring (bicyclic) bond motifs is 2. The monoisotopic (exact) mass is 340 g/mol. The first kappa shape index (κ1) is 16.1. The van der Waals surface area contributed by atoms with Gasteiger partial charge < -0.3 is 4.98 Å². The van der Waals surface area contributed by atoms with E-state index in [1.54, 1.807) is 0 Å². The topological polar surface area (TPSA) is 57.4 Å². The molecule has 4 aromatic rings. The van der Waals surface area contributed by atoms with E-state index in [0.717, 1.165) is 50.2 Å². The number of aromatic nitrogens is 4. The smallest absolute Gasteiger partial charge is 0.135 e. The summed E-state index contributed by atoms with van der Waals surface area (Å²) in [6.45, 7) is 7.87. The summed E-state index contributed by atoms with van der Waals surface area (Å²) < 4.78 is 0. The number of allylic oxidation sites excluding steroid dienone is 5. The van der Waals surface area contributed by atoms with Crippen molar-refractivity contribution in [2.45, 2.75) is 13.8 Å². The van der Waals surface area contributed by atoms with Gasteiger partial charge in [0.1, 0.15) is 11.2 Å². The molecule has 4 heteroatoms. The van der Waals surface area contributed by atoms with Crippen LogP contribution in [0.25, 0.3) is 38.9 Å². The van der Waals surface area contributed by atoms with Crippen molar-refractivity contribution in [2.75, 3.05) is 0 Å². The van der Waals surface area contributed by atoms with Crippen LogP contribution in [0.3, 0.4) is 0 Å². The molecule has 128 valence electrons. The molecule has 0 aliphatic rings. The van der Waals surface area contributed by atoms with E-state index >= 15 is 0 Å².